The van der Waals surface area contributed by atoms with Gasteiger partial charge in [-0.05, 0) is 5.92 Å². The summed E-state index contributed by atoms with van der Waals surface area (Å²) in [5.41, 5.74) is 0. The monoisotopic (exact) mass is 200 g/mol. The summed E-state index contributed by atoms with van der Waals surface area (Å²) in [6.45, 7) is 7.07. The Labute approximate surface area is 85.6 Å². The molecule has 1 rings (SSSR count). The molecule has 0 aromatic carbocycles. The second-order valence-electron chi connectivity index (χ2n) is 4.04. The van der Waals surface area contributed by atoms with E-state index in [1.165, 1.54) is 0 Å². The van der Waals surface area contributed by atoms with Crippen LogP contribution in [-0.4, -0.2) is 50.2 Å². The van der Waals surface area contributed by atoms with Gasteiger partial charge in [-0.3, -0.25) is 4.79 Å². The van der Waals surface area contributed by atoms with Crippen LogP contribution in [0.25, 0.3) is 0 Å². The summed E-state index contributed by atoms with van der Waals surface area (Å²) in [4.78, 5) is 13.6. The van der Waals surface area contributed by atoms with Gasteiger partial charge in [-0.2, -0.15) is 0 Å². The summed E-state index contributed by atoms with van der Waals surface area (Å²) in [5, 5.41) is 3.31. The smallest absolute Gasteiger partial charge is 0.248 e. The number of rotatable bonds is 3. The van der Waals surface area contributed by atoms with Gasteiger partial charge in [0.1, 0.15) is 6.61 Å². The van der Waals surface area contributed by atoms with E-state index in [4.69, 9.17) is 4.74 Å². The van der Waals surface area contributed by atoms with E-state index in [1.807, 2.05) is 4.90 Å². The fourth-order valence-corrected chi connectivity index (χ4v) is 1.84. The molecule has 0 aliphatic carbocycles. The summed E-state index contributed by atoms with van der Waals surface area (Å²) in [7, 11) is 1.56. The molecule has 0 saturated carbocycles. The molecule has 4 nitrogen and oxygen atoms in total. The van der Waals surface area contributed by atoms with Gasteiger partial charge in [0, 0.05) is 32.8 Å². The molecule has 82 valence electrons. The van der Waals surface area contributed by atoms with Gasteiger partial charge in [-0.15, -0.1) is 0 Å². The zero-order valence-corrected chi connectivity index (χ0v) is 9.25. The van der Waals surface area contributed by atoms with Crippen molar-refractivity contribution in [2.45, 2.75) is 19.9 Å². The summed E-state index contributed by atoms with van der Waals surface area (Å²) in [6, 6.07) is 0.311. The van der Waals surface area contributed by atoms with Gasteiger partial charge in [0.05, 0.1) is 0 Å². The molecule has 1 amide bonds. The average molecular weight is 200 g/mol. The molecule has 0 radical (unpaired) electrons. The summed E-state index contributed by atoms with van der Waals surface area (Å²) >= 11 is 0. The highest BCUT2D eigenvalue weighted by Crippen LogP contribution is 2.12. The van der Waals surface area contributed by atoms with Crippen molar-refractivity contribution in [2.75, 3.05) is 33.4 Å². The van der Waals surface area contributed by atoms with Gasteiger partial charge in [-0.25, -0.2) is 0 Å². The van der Waals surface area contributed by atoms with Gasteiger partial charge in [0.25, 0.3) is 0 Å². The van der Waals surface area contributed by atoms with E-state index in [1.54, 1.807) is 7.11 Å². The van der Waals surface area contributed by atoms with Crippen LogP contribution >= 0.6 is 0 Å². The van der Waals surface area contributed by atoms with E-state index in [0.29, 0.717) is 12.0 Å². The lowest BCUT2D eigenvalue weighted by molar-refractivity contribution is -0.139. The molecule has 14 heavy (non-hydrogen) atoms. The predicted octanol–water partition coefficient (Wildman–Crippen LogP) is 0.0892. The second-order valence-corrected chi connectivity index (χ2v) is 4.04. The number of carbonyl (C=O) groups excluding carboxylic acids is 1. The highest BCUT2D eigenvalue weighted by molar-refractivity contribution is 5.78. The standard InChI is InChI=1S/C10H20N2O2/c1-8(2)9-6-11-4-5-12(9)10(13)7-14-3/h8-9,11H,4-7H2,1-3H3. The number of piperazine rings is 1. The lowest BCUT2D eigenvalue weighted by Crippen LogP contribution is -2.56. The Balaban J connectivity index is 2.57. The topological polar surface area (TPSA) is 41.6 Å². The Bertz CT molecular complexity index is 195. The first kappa shape index (κ1) is 11.5. The molecule has 1 fully saturated rings. The Kier molecular flexibility index (Phi) is 4.35. The van der Waals surface area contributed by atoms with Gasteiger partial charge in [-0.1, -0.05) is 13.8 Å². The molecule has 0 aromatic heterocycles. The minimum absolute atomic E-state index is 0.104. The Morgan fingerprint density at radius 3 is 2.93 bits per heavy atom. The SMILES string of the molecule is COCC(=O)N1CCNCC1C(C)C. The van der Waals surface area contributed by atoms with Crippen LogP contribution in [0.4, 0.5) is 0 Å². The maximum absolute atomic E-state index is 11.7. The van der Waals surface area contributed by atoms with E-state index in [0.717, 1.165) is 19.6 Å². The molecular formula is C10H20N2O2. The van der Waals surface area contributed by atoms with Crippen LogP contribution in [0.1, 0.15) is 13.8 Å². The third-order valence-electron chi connectivity index (χ3n) is 2.64. The molecule has 1 atom stereocenters. The van der Waals surface area contributed by atoms with E-state index in [9.17, 15) is 4.79 Å². The van der Waals surface area contributed by atoms with Gasteiger partial charge in [0.2, 0.25) is 5.91 Å². The van der Waals surface area contributed by atoms with Crippen molar-refractivity contribution in [2.24, 2.45) is 5.92 Å². The van der Waals surface area contributed by atoms with Crippen LogP contribution in [0.2, 0.25) is 0 Å². The zero-order chi connectivity index (χ0) is 10.6. The number of nitrogens with one attached hydrogen (secondary N) is 1. The van der Waals surface area contributed by atoms with Gasteiger partial charge < -0.3 is 15.0 Å². The van der Waals surface area contributed by atoms with Crippen molar-refractivity contribution < 1.29 is 9.53 Å². The first-order valence-electron chi connectivity index (χ1n) is 5.16. The molecule has 1 N–H and O–H groups in total. The van der Waals surface area contributed by atoms with Crippen molar-refractivity contribution in [1.82, 2.24) is 10.2 Å². The quantitative estimate of drug-likeness (QED) is 0.702. The summed E-state index contributed by atoms with van der Waals surface area (Å²) in [6.07, 6.45) is 0. The first-order chi connectivity index (χ1) is 6.66. The highest BCUT2D eigenvalue weighted by atomic mass is 16.5. The number of carbonyl (C=O) groups is 1. The summed E-state index contributed by atoms with van der Waals surface area (Å²) < 4.78 is 4.87. The predicted molar refractivity (Wildman–Crippen MR) is 55.1 cm³/mol. The molecule has 0 spiro atoms. The number of methoxy groups -OCH3 is 1. The molecule has 1 saturated heterocycles. The fraction of sp³-hybridized carbons (Fsp3) is 0.900. The summed E-state index contributed by atoms with van der Waals surface area (Å²) in [5.74, 6) is 0.594. The number of hydrogen-bond acceptors (Lipinski definition) is 3. The average Bonchev–Trinajstić information content (AvgIpc) is 2.18. The van der Waals surface area contributed by atoms with Crippen molar-refractivity contribution in [3.63, 3.8) is 0 Å². The minimum Gasteiger partial charge on any atom is -0.375 e. The maximum Gasteiger partial charge on any atom is 0.248 e. The number of nitrogens with zero attached hydrogens (tertiary/aromatic N) is 1. The van der Waals surface area contributed by atoms with E-state index in [-0.39, 0.29) is 12.5 Å². The lowest BCUT2D eigenvalue weighted by Gasteiger charge is -2.38. The molecule has 0 aromatic rings. The highest BCUT2D eigenvalue weighted by Gasteiger charge is 2.28. The van der Waals surface area contributed by atoms with Crippen LogP contribution in [0.15, 0.2) is 0 Å². The third kappa shape index (κ3) is 2.69. The third-order valence-corrected chi connectivity index (χ3v) is 2.64. The largest absolute Gasteiger partial charge is 0.375 e. The molecule has 0 bridgehead atoms. The van der Waals surface area contributed by atoms with Crippen molar-refractivity contribution >= 4 is 5.91 Å². The van der Waals surface area contributed by atoms with Crippen LogP contribution in [-0.2, 0) is 9.53 Å². The lowest BCUT2D eigenvalue weighted by atomic mass is 10.0. The van der Waals surface area contributed by atoms with Crippen LogP contribution in [0.5, 0.6) is 0 Å². The first-order valence-corrected chi connectivity index (χ1v) is 5.16. The molecule has 1 unspecified atom stereocenters. The van der Waals surface area contributed by atoms with Crippen molar-refractivity contribution in [1.29, 1.82) is 0 Å². The normalized spacial score (nSPS) is 22.9. The molecule has 1 aliphatic heterocycles. The zero-order valence-electron chi connectivity index (χ0n) is 9.25. The second kappa shape index (κ2) is 5.32. The van der Waals surface area contributed by atoms with Gasteiger partial charge >= 0.3 is 0 Å². The molecule has 4 heteroatoms. The molecule has 1 aliphatic rings. The Hall–Kier alpha value is -0.610. The van der Waals surface area contributed by atoms with Crippen LogP contribution < -0.4 is 5.32 Å². The van der Waals surface area contributed by atoms with Crippen molar-refractivity contribution in [3.05, 3.63) is 0 Å². The number of hydrogen-bond donors (Lipinski definition) is 1. The maximum atomic E-state index is 11.7. The minimum atomic E-state index is 0.104. The fourth-order valence-electron chi connectivity index (χ4n) is 1.84. The molecular weight excluding hydrogens is 180 g/mol. The Morgan fingerprint density at radius 1 is 1.64 bits per heavy atom. The van der Waals surface area contributed by atoms with E-state index in [2.05, 4.69) is 19.2 Å². The van der Waals surface area contributed by atoms with Crippen LogP contribution in [0.3, 0.4) is 0 Å². The molecule has 1 heterocycles. The van der Waals surface area contributed by atoms with E-state index >= 15 is 0 Å². The van der Waals surface area contributed by atoms with Crippen LogP contribution in [0, 0.1) is 5.92 Å². The van der Waals surface area contributed by atoms with E-state index < -0.39 is 0 Å². The number of ether oxygens (including phenoxy) is 1. The Morgan fingerprint density at radius 2 is 2.36 bits per heavy atom. The van der Waals surface area contributed by atoms with Crippen molar-refractivity contribution in [3.8, 4) is 0 Å². The number of amides is 1. The van der Waals surface area contributed by atoms with Gasteiger partial charge in [0.15, 0.2) is 0 Å².